The lowest BCUT2D eigenvalue weighted by atomic mass is 9.83. The van der Waals surface area contributed by atoms with Gasteiger partial charge in [-0.3, -0.25) is 9.59 Å². The van der Waals surface area contributed by atoms with Gasteiger partial charge in [-0.25, -0.2) is 0 Å². The van der Waals surface area contributed by atoms with E-state index in [0.717, 1.165) is 10.8 Å². The average Bonchev–Trinajstić information content (AvgIpc) is 3.17. The van der Waals surface area contributed by atoms with Gasteiger partial charge in [0, 0.05) is 33.0 Å². The van der Waals surface area contributed by atoms with Crippen LogP contribution >= 0.6 is 0 Å². The smallest absolute Gasteiger partial charge is 0.194 e. The van der Waals surface area contributed by atoms with Crippen LogP contribution in [0.1, 0.15) is 31.8 Å². The summed E-state index contributed by atoms with van der Waals surface area (Å²) < 4.78 is 10.7. The standard InChI is InChI=1S/C18H8O4/c19-17-11-5-9-1-3-21-15(9)7-13(11)18(20)12-6-10-2-4-22-16(10)8-14(12)17/h1-8H. The number of rotatable bonds is 0. The number of hydrogen-bond donors (Lipinski definition) is 0. The summed E-state index contributed by atoms with van der Waals surface area (Å²) in [7, 11) is 0. The van der Waals surface area contributed by atoms with Crippen LogP contribution in [0.2, 0.25) is 0 Å². The highest BCUT2D eigenvalue weighted by atomic mass is 16.3. The van der Waals surface area contributed by atoms with Crippen LogP contribution in [0.4, 0.5) is 0 Å². The van der Waals surface area contributed by atoms with E-state index in [-0.39, 0.29) is 11.6 Å². The van der Waals surface area contributed by atoms with Crippen molar-refractivity contribution in [2.75, 3.05) is 0 Å². The number of benzene rings is 2. The molecule has 0 saturated heterocycles. The van der Waals surface area contributed by atoms with Crippen LogP contribution in [0.5, 0.6) is 0 Å². The molecule has 0 fully saturated rings. The summed E-state index contributed by atoms with van der Waals surface area (Å²) in [5, 5.41) is 1.62. The Labute approximate surface area is 123 Å². The Hall–Kier alpha value is -3.14. The van der Waals surface area contributed by atoms with E-state index in [1.54, 1.807) is 48.9 Å². The minimum Gasteiger partial charge on any atom is -0.464 e. The second kappa shape index (κ2) is 3.74. The third kappa shape index (κ3) is 1.31. The molecule has 1 aliphatic rings. The van der Waals surface area contributed by atoms with E-state index in [1.165, 1.54) is 0 Å². The Balaban J connectivity index is 1.87. The summed E-state index contributed by atoms with van der Waals surface area (Å²) in [4.78, 5) is 25.5. The summed E-state index contributed by atoms with van der Waals surface area (Å²) in [5.74, 6) is -0.322. The van der Waals surface area contributed by atoms with E-state index < -0.39 is 0 Å². The van der Waals surface area contributed by atoms with Crippen LogP contribution in [-0.2, 0) is 0 Å². The molecule has 2 aromatic carbocycles. The Morgan fingerprint density at radius 2 is 1.00 bits per heavy atom. The monoisotopic (exact) mass is 288 g/mol. The normalized spacial score (nSPS) is 13.6. The number of carbonyl (C=O) groups is 2. The van der Waals surface area contributed by atoms with Crippen LogP contribution in [0.3, 0.4) is 0 Å². The van der Waals surface area contributed by atoms with Crippen molar-refractivity contribution in [1.29, 1.82) is 0 Å². The molecule has 0 spiro atoms. The lowest BCUT2D eigenvalue weighted by Gasteiger charge is -2.17. The maximum Gasteiger partial charge on any atom is 0.194 e. The molecule has 0 atom stereocenters. The van der Waals surface area contributed by atoms with Crippen molar-refractivity contribution in [1.82, 2.24) is 0 Å². The molecule has 0 unspecified atom stereocenters. The third-order valence-electron chi connectivity index (χ3n) is 4.16. The van der Waals surface area contributed by atoms with Gasteiger partial charge in [0.2, 0.25) is 0 Å². The molecule has 4 aromatic rings. The summed E-state index contributed by atoms with van der Waals surface area (Å²) >= 11 is 0. The number of carbonyl (C=O) groups excluding carboxylic acids is 2. The fourth-order valence-electron chi connectivity index (χ4n) is 3.06. The summed E-state index contributed by atoms with van der Waals surface area (Å²) in [6, 6.07) is 10.3. The zero-order valence-electron chi connectivity index (χ0n) is 11.3. The maximum absolute atomic E-state index is 12.8. The van der Waals surface area contributed by atoms with Gasteiger partial charge < -0.3 is 8.83 Å². The van der Waals surface area contributed by atoms with Gasteiger partial charge in [-0.05, 0) is 36.4 Å². The second-order valence-electron chi connectivity index (χ2n) is 5.37. The van der Waals surface area contributed by atoms with Crippen LogP contribution < -0.4 is 0 Å². The van der Waals surface area contributed by atoms with Gasteiger partial charge in [-0.2, -0.15) is 0 Å². The molecule has 0 radical (unpaired) electrons. The number of furan rings is 2. The molecular weight excluding hydrogens is 280 g/mol. The molecule has 2 aromatic heterocycles. The molecule has 0 bridgehead atoms. The quantitative estimate of drug-likeness (QED) is 0.433. The minimum atomic E-state index is -0.161. The molecule has 4 heteroatoms. The van der Waals surface area contributed by atoms with E-state index >= 15 is 0 Å². The van der Waals surface area contributed by atoms with Crippen LogP contribution in [0.25, 0.3) is 21.9 Å². The van der Waals surface area contributed by atoms with Crippen molar-refractivity contribution in [3.8, 4) is 0 Å². The van der Waals surface area contributed by atoms with Gasteiger partial charge in [0.15, 0.2) is 11.6 Å². The van der Waals surface area contributed by atoms with Crippen LogP contribution in [-0.4, -0.2) is 11.6 Å². The Kier molecular flexibility index (Phi) is 1.96. The molecule has 0 saturated carbocycles. The number of hydrogen-bond acceptors (Lipinski definition) is 4. The molecular formula is C18H8O4. The van der Waals surface area contributed by atoms with Gasteiger partial charge in [0.25, 0.3) is 0 Å². The lowest BCUT2D eigenvalue weighted by molar-refractivity contribution is 0.0979. The molecule has 22 heavy (non-hydrogen) atoms. The highest BCUT2D eigenvalue weighted by Gasteiger charge is 2.31. The van der Waals surface area contributed by atoms with Crippen molar-refractivity contribution in [3.05, 3.63) is 71.2 Å². The van der Waals surface area contributed by atoms with Gasteiger partial charge in [0.1, 0.15) is 11.2 Å². The molecule has 2 heterocycles. The predicted molar refractivity (Wildman–Crippen MR) is 79.3 cm³/mol. The molecule has 0 amide bonds. The van der Waals surface area contributed by atoms with Gasteiger partial charge >= 0.3 is 0 Å². The second-order valence-corrected chi connectivity index (χ2v) is 5.37. The first kappa shape index (κ1) is 11.5. The van der Waals surface area contributed by atoms with Crippen molar-refractivity contribution in [3.63, 3.8) is 0 Å². The number of fused-ring (bicyclic) bond motifs is 4. The first-order valence-corrected chi connectivity index (χ1v) is 6.84. The Morgan fingerprint density at radius 3 is 1.45 bits per heavy atom. The third-order valence-corrected chi connectivity index (χ3v) is 4.16. The summed E-state index contributed by atoms with van der Waals surface area (Å²) in [6.07, 6.45) is 3.09. The molecule has 1 aliphatic carbocycles. The fourth-order valence-corrected chi connectivity index (χ4v) is 3.06. The fraction of sp³-hybridized carbons (Fsp3) is 0. The first-order valence-electron chi connectivity index (χ1n) is 6.84. The van der Waals surface area contributed by atoms with Gasteiger partial charge in [0.05, 0.1) is 12.5 Å². The average molecular weight is 288 g/mol. The molecule has 5 rings (SSSR count). The molecule has 0 N–H and O–H groups in total. The minimum absolute atomic E-state index is 0.161. The topological polar surface area (TPSA) is 60.4 Å². The van der Waals surface area contributed by atoms with Crippen molar-refractivity contribution >= 4 is 33.5 Å². The highest BCUT2D eigenvalue weighted by molar-refractivity contribution is 6.30. The maximum atomic E-state index is 12.8. The van der Waals surface area contributed by atoms with Crippen LogP contribution in [0.15, 0.2) is 57.8 Å². The van der Waals surface area contributed by atoms with Crippen molar-refractivity contribution in [2.24, 2.45) is 0 Å². The molecule has 104 valence electrons. The van der Waals surface area contributed by atoms with E-state index in [4.69, 9.17) is 8.83 Å². The summed E-state index contributed by atoms with van der Waals surface area (Å²) in [6.45, 7) is 0. The van der Waals surface area contributed by atoms with E-state index in [0.29, 0.717) is 33.4 Å². The summed E-state index contributed by atoms with van der Waals surface area (Å²) in [5.41, 5.74) is 2.82. The van der Waals surface area contributed by atoms with Gasteiger partial charge in [-0.15, -0.1) is 0 Å². The lowest BCUT2D eigenvalue weighted by Crippen LogP contribution is -2.20. The van der Waals surface area contributed by atoms with E-state index in [9.17, 15) is 9.59 Å². The molecule has 4 nitrogen and oxygen atoms in total. The first-order chi connectivity index (χ1) is 10.7. The van der Waals surface area contributed by atoms with Crippen molar-refractivity contribution < 1.29 is 18.4 Å². The Bertz CT molecular complexity index is 941. The van der Waals surface area contributed by atoms with Crippen LogP contribution in [0, 0.1) is 0 Å². The number of ketones is 2. The van der Waals surface area contributed by atoms with E-state index in [1.807, 2.05) is 0 Å². The van der Waals surface area contributed by atoms with Crippen molar-refractivity contribution in [2.45, 2.75) is 0 Å². The van der Waals surface area contributed by atoms with Gasteiger partial charge in [-0.1, -0.05) is 0 Å². The zero-order valence-corrected chi connectivity index (χ0v) is 11.3. The largest absolute Gasteiger partial charge is 0.464 e. The SMILES string of the molecule is O=C1c2cc3ccoc3cc2C(=O)c2cc3ccoc3cc21. The Morgan fingerprint density at radius 1 is 0.591 bits per heavy atom. The molecule has 0 aliphatic heterocycles. The predicted octanol–water partition coefficient (Wildman–Crippen LogP) is 3.95. The van der Waals surface area contributed by atoms with E-state index in [2.05, 4.69) is 0 Å². The highest BCUT2D eigenvalue weighted by Crippen LogP contribution is 2.33. The zero-order chi connectivity index (χ0) is 14.8.